The second kappa shape index (κ2) is 3.70. The SMILES string of the molecule is Cc1cn(-c2cccc(C)c2Br)nc1N. The Morgan fingerprint density at radius 3 is 2.60 bits per heavy atom. The van der Waals surface area contributed by atoms with Gasteiger partial charge < -0.3 is 5.73 Å². The number of anilines is 1. The number of aromatic nitrogens is 2. The molecule has 0 aliphatic heterocycles. The molecule has 0 saturated carbocycles. The lowest BCUT2D eigenvalue weighted by Gasteiger charge is -2.06. The Bertz CT molecular complexity index is 483. The Labute approximate surface area is 97.0 Å². The van der Waals surface area contributed by atoms with Crippen LogP contribution >= 0.6 is 15.9 Å². The first-order chi connectivity index (χ1) is 7.09. The number of nitrogens with zero attached hydrogens (tertiary/aromatic N) is 2. The van der Waals surface area contributed by atoms with Crippen LogP contribution in [-0.4, -0.2) is 9.78 Å². The van der Waals surface area contributed by atoms with Crippen molar-refractivity contribution in [3.8, 4) is 5.69 Å². The summed E-state index contributed by atoms with van der Waals surface area (Å²) in [7, 11) is 0. The summed E-state index contributed by atoms with van der Waals surface area (Å²) in [5, 5.41) is 4.25. The van der Waals surface area contributed by atoms with Gasteiger partial charge in [-0.05, 0) is 41.4 Å². The van der Waals surface area contributed by atoms with Gasteiger partial charge in [0.1, 0.15) is 5.82 Å². The number of benzene rings is 1. The van der Waals surface area contributed by atoms with Gasteiger partial charge in [0.15, 0.2) is 0 Å². The highest BCUT2D eigenvalue weighted by atomic mass is 79.9. The van der Waals surface area contributed by atoms with Crippen molar-refractivity contribution < 1.29 is 0 Å². The molecular weight excluding hydrogens is 254 g/mol. The third-order valence-electron chi connectivity index (χ3n) is 2.35. The topological polar surface area (TPSA) is 43.8 Å². The van der Waals surface area contributed by atoms with Gasteiger partial charge in [0.05, 0.1) is 5.69 Å². The van der Waals surface area contributed by atoms with Crippen molar-refractivity contribution in [3.05, 3.63) is 40.0 Å². The van der Waals surface area contributed by atoms with E-state index in [1.807, 2.05) is 38.2 Å². The molecule has 1 heterocycles. The third kappa shape index (κ3) is 1.77. The van der Waals surface area contributed by atoms with Gasteiger partial charge in [-0.15, -0.1) is 0 Å². The fourth-order valence-electron chi connectivity index (χ4n) is 1.41. The molecule has 0 fully saturated rings. The maximum atomic E-state index is 5.72. The quantitative estimate of drug-likeness (QED) is 0.862. The van der Waals surface area contributed by atoms with Crippen molar-refractivity contribution in [2.24, 2.45) is 0 Å². The molecule has 2 aromatic rings. The van der Waals surface area contributed by atoms with E-state index in [2.05, 4.69) is 21.0 Å². The molecule has 0 atom stereocenters. The normalized spacial score (nSPS) is 10.6. The van der Waals surface area contributed by atoms with Gasteiger partial charge in [-0.3, -0.25) is 0 Å². The Morgan fingerprint density at radius 2 is 2.00 bits per heavy atom. The molecule has 2 N–H and O–H groups in total. The maximum absolute atomic E-state index is 5.72. The van der Waals surface area contributed by atoms with Gasteiger partial charge in [-0.1, -0.05) is 12.1 Å². The average molecular weight is 266 g/mol. The van der Waals surface area contributed by atoms with Crippen LogP contribution in [0.15, 0.2) is 28.9 Å². The van der Waals surface area contributed by atoms with Crippen LogP contribution in [0.1, 0.15) is 11.1 Å². The lowest BCUT2D eigenvalue weighted by Crippen LogP contribution is -1.98. The highest BCUT2D eigenvalue weighted by molar-refractivity contribution is 9.10. The average Bonchev–Trinajstić information content (AvgIpc) is 2.51. The molecule has 0 aliphatic rings. The summed E-state index contributed by atoms with van der Waals surface area (Å²) in [6.45, 7) is 4.00. The van der Waals surface area contributed by atoms with Crippen LogP contribution in [0.4, 0.5) is 5.82 Å². The monoisotopic (exact) mass is 265 g/mol. The minimum Gasteiger partial charge on any atom is -0.382 e. The molecule has 1 aromatic carbocycles. The van der Waals surface area contributed by atoms with Crippen LogP contribution in [0.2, 0.25) is 0 Å². The van der Waals surface area contributed by atoms with Gasteiger partial charge in [0.2, 0.25) is 0 Å². The molecule has 1 aromatic heterocycles. The summed E-state index contributed by atoms with van der Waals surface area (Å²) in [5.74, 6) is 0.573. The van der Waals surface area contributed by atoms with Gasteiger partial charge in [-0.2, -0.15) is 5.10 Å². The van der Waals surface area contributed by atoms with Gasteiger partial charge in [0, 0.05) is 16.2 Å². The van der Waals surface area contributed by atoms with E-state index in [0.717, 1.165) is 15.7 Å². The van der Waals surface area contributed by atoms with E-state index in [9.17, 15) is 0 Å². The van der Waals surface area contributed by atoms with Gasteiger partial charge >= 0.3 is 0 Å². The fraction of sp³-hybridized carbons (Fsp3) is 0.182. The van der Waals surface area contributed by atoms with Crippen LogP contribution in [0.3, 0.4) is 0 Å². The molecule has 0 bridgehead atoms. The Hall–Kier alpha value is -1.29. The van der Waals surface area contributed by atoms with Crippen LogP contribution in [0.5, 0.6) is 0 Å². The summed E-state index contributed by atoms with van der Waals surface area (Å²) < 4.78 is 2.84. The van der Waals surface area contributed by atoms with Crippen LogP contribution < -0.4 is 5.73 Å². The maximum Gasteiger partial charge on any atom is 0.148 e. The zero-order valence-electron chi connectivity index (χ0n) is 8.66. The molecule has 0 saturated heterocycles. The van der Waals surface area contributed by atoms with E-state index in [-0.39, 0.29) is 0 Å². The molecule has 0 aliphatic carbocycles. The molecule has 3 nitrogen and oxygen atoms in total. The first-order valence-electron chi connectivity index (χ1n) is 4.67. The molecule has 78 valence electrons. The van der Waals surface area contributed by atoms with Crippen LogP contribution in [-0.2, 0) is 0 Å². The Morgan fingerprint density at radius 1 is 1.27 bits per heavy atom. The van der Waals surface area contributed by atoms with Crippen molar-refractivity contribution in [2.75, 3.05) is 5.73 Å². The summed E-state index contributed by atoms with van der Waals surface area (Å²) in [5.41, 5.74) is 8.90. The second-order valence-corrected chi connectivity index (χ2v) is 4.34. The standard InChI is InChI=1S/C11H12BrN3/c1-7-4-3-5-9(10(7)12)15-6-8(2)11(13)14-15/h3-6H,1-2H3,(H2,13,14). The molecule has 0 amide bonds. The van der Waals surface area contributed by atoms with E-state index < -0.39 is 0 Å². The van der Waals surface area contributed by atoms with Gasteiger partial charge in [0.25, 0.3) is 0 Å². The summed E-state index contributed by atoms with van der Waals surface area (Å²) in [6.07, 6.45) is 1.93. The Kier molecular flexibility index (Phi) is 2.52. The minimum absolute atomic E-state index is 0.573. The number of hydrogen-bond donors (Lipinski definition) is 1. The minimum atomic E-state index is 0.573. The van der Waals surface area contributed by atoms with Crippen LogP contribution in [0.25, 0.3) is 5.69 Å². The molecule has 0 unspecified atom stereocenters. The van der Waals surface area contributed by atoms with Gasteiger partial charge in [-0.25, -0.2) is 4.68 Å². The van der Waals surface area contributed by atoms with Crippen molar-refractivity contribution in [1.29, 1.82) is 0 Å². The first-order valence-corrected chi connectivity index (χ1v) is 5.46. The third-order valence-corrected chi connectivity index (χ3v) is 3.39. The zero-order valence-corrected chi connectivity index (χ0v) is 10.2. The van der Waals surface area contributed by atoms with E-state index in [0.29, 0.717) is 5.82 Å². The van der Waals surface area contributed by atoms with Crippen molar-refractivity contribution in [3.63, 3.8) is 0 Å². The molecule has 4 heteroatoms. The highest BCUT2D eigenvalue weighted by Gasteiger charge is 2.07. The smallest absolute Gasteiger partial charge is 0.148 e. The number of hydrogen-bond acceptors (Lipinski definition) is 2. The predicted molar refractivity (Wildman–Crippen MR) is 65.2 cm³/mol. The van der Waals surface area contributed by atoms with Crippen LogP contribution in [0, 0.1) is 13.8 Å². The molecule has 15 heavy (non-hydrogen) atoms. The fourth-order valence-corrected chi connectivity index (χ4v) is 1.85. The predicted octanol–water partition coefficient (Wildman–Crippen LogP) is 2.83. The number of nitrogen functional groups attached to an aromatic ring is 1. The van der Waals surface area contributed by atoms with E-state index in [1.165, 1.54) is 5.56 Å². The highest BCUT2D eigenvalue weighted by Crippen LogP contribution is 2.25. The summed E-state index contributed by atoms with van der Waals surface area (Å²) in [6, 6.07) is 6.05. The lowest BCUT2D eigenvalue weighted by molar-refractivity contribution is 0.879. The first kappa shape index (κ1) is 10.2. The van der Waals surface area contributed by atoms with E-state index in [4.69, 9.17) is 5.73 Å². The molecule has 0 radical (unpaired) electrons. The molecule has 2 rings (SSSR count). The lowest BCUT2D eigenvalue weighted by atomic mass is 10.2. The largest absolute Gasteiger partial charge is 0.382 e. The molecule has 0 spiro atoms. The zero-order chi connectivity index (χ0) is 11.0. The number of aryl methyl sites for hydroxylation is 2. The number of rotatable bonds is 1. The number of halogens is 1. The van der Waals surface area contributed by atoms with Crippen molar-refractivity contribution in [1.82, 2.24) is 9.78 Å². The van der Waals surface area contributed by atoms with Crippen molar-refractivity contribution >= 4 is 21.7 Å². The van der Waals surface area contributed by atoms with Crippen molar-refractivity contribution in [2.45, 2.75) is 13.8 Å². The summed E-state index contributed by atoms with van der Waals surface area (Å²) >= 11 is 3.55. The van der Waals surface area contributed by atoms with E-state index in [1.54, 1.807) is 4.68 Å². The molecular formula is C11H12BrN3. The Balaban J connectivity index is 2.59. The second-order valence-electron chi connectivity index (χ2n) is 3.55. The van der Waals surface area contributed by atoms with E-state index >= 15 is 0 Å². The number of nitrogens with two attached hydrogens (primary N) is 1. The summed E-state index contributed by atoms with van der Waals surface area (Å²) in [4.78, 5) is 0.